The molecule has 34 heavy (non-hydrogen) atoms. The van der Waals surface area contributed by atoms with Crippen LogP contribution in [0.3, 0.4) is 0 Å². The number of aromatic nitrogens is 4. The first-order valence-corrected chi connectivity index (χ1v) is 11.5. The number of hydrogen-bond donors (Lipinski definition) is 1. The lowest BCUT2D eigenvalue weighted by molar-refractivity contribution is 0.0640. The lowest BCUT2D eigenvalue weighted by Crippen LogP contribution is -2.49. The zero-order valence-electron chi connectivity index (χ0n) is 19.4. The Kier molecular flexibility index (Phi) is 5.70. The number of rotatable bonds is 4. The highest BCUT2D eigenvalue weighted by atomic mass is 16.2. The lowest BCUT2D eigenvalue weighted by atomic mass is 10.1. The predicted molar refractivity (Wildman–Crippen MR) is 129 cm³/mol. The van der Waals surface area contributed by atoms with E-state index in [2.05, 4.69) is 16.8 Å². The van der Waals surface area contributed by atoms with Crippen molar-refractivity contribution in [2.24, 2.45) is 0 Å². The van der Waals surface area contributed by atoms with Crippen LogP contribution in [0.1, 0.15) is 28.4 Å². The third-order valence-corrected chi connectivity index (χ3v) is 6.56. The van der Waals surface area contributed by atoms with Crippen LogP contribution in [0.15, 0.2) is 53.7 Å². The van der Waals surface area contributed by atoms with Gasteiger partial charge >= 0.3 is 0 Å². The molecule has 174 valence electrons. The molecule has 0 radical (unpaired) electrons. The van der Waals surface area contributed by atoms with Crippen molar-refractivity contribution in [1.29, 1.82) is 5.41 Å². The molecule has 1 aliphatic rings. The average Bonchev–Trinajstić information content (AvgIpc) is 2.87. The van der Waals surface area contributed by atoms with Gasteiger partial charge in [0.05, 0.1) is 17.5 Å². The fourth-order valence-corrected chi connectivity index (χ4v) is 4.52. The van der Waals surface area contributed by atoms with E-state index in [1.165, 1.54) is 4.40 Å². The first kappa shape index (κ1) is 22.0. The molecule has 0 atom stereocenters. The van der Waals surface area contributed by atoms with E-state index in [1.54, 1.807) is 40.2 Å². The Labute approximate surface area is 196 Å². The van der Waals surface area contributed by atoms with Crippen LogP contribution in [0.5, 0.6) is 0 Å². The number of aryl methyl sites for hydroxylation is 1. The van der Waals surface area contributed by atoms with Crippen molar-refractivity contribution in [1.82, 2.24) is 28.7 Å². The van der Waals surface area contributed by atoms with Gasteiger partial charge in [-0.1, -0.05) is 13.0 Å². The second-order valence-corrected chi connectivity index (χ2v) is 8.61. The Hall–Kier alpha value is -3.85. The van der Waals surface area contributed by atoms with Crippen LogP contribution in [0, 0.1) is 12.3 Å². The standard InChI is InChI=1S/C25H27N7O2/c1-3-29-11-13-30(14-12-29)24(33)19-15-20-23(28-22-17(2)5-4-10-31(22)25(20)34)32(21(19)26)16-18-6-8-27-9-7-18/h4-10,15,26H,3,11-14,16H2,1-2H3. The topological polar surface area (TPSA) is 99.6 Å². The number of likely N-dealkylation sites (N-methyl/N-ethyl adjacent to an activating group) is 1. The fourth-order valence-electron chi connectivity index (χ4n) is 4.52. The highest BCUT2D eigenvalue weighted by Crippen LogP contribution is 2.15. The van der Waals surface area contributed by atoms with E-state index in [-0.39, 0.29) is 22.5 Å². The molecular formula is C25H27N7O2. The third kappa shape index (κ3) is 3.77. The summed E-state index contributed by atoms with van der Waals surface area (Å²) in [6.45, 7) is 8.06. The summed E-state index contributed by atoms with van der Waals surface area (Å²) in [5, 5.41) is 9.30. The van der Waals surface area contributed by atoms with Gasteiger partial charge in [-0.25, -0.2) is 4.98 Å². The van der Waals surface area contributed by atoms with Crippen molar-refractivity contribution in [3.05, 3.63) is 81.5 Å². The minimum atomic E-state index is -0.253. The first-order valence-electron chi connectivity index (χ1n) is 11.5. The summed E-state index contributed by atoms with van der Waals surface area (Å²) in [6, 6.07) is 8.97. The summed E-state index contributed by atoms with van der Waals surface area (Å²) in [4.78, 5) is 39.9. The molecule has 1 saturated heterocycles. The van der Waals surface area contributed by atoms with Crippen molar-refractivity contribution in [3.8, 4) is 0 Å². The number of pyridine rings is 3. The summed E-state index contributed by atoms with van der Waals surface area (Å²) < 4.78 is 3.17. The third-order valence-electron chi connectivity index (χ3n) is 6.56. The molecule has 0 unspecified atom stereocenters. The molecule has 0 aromatic carbocycles. The Morgan fingerprint density at radius 3 is 2.53 bits per heavy atom. The monoisotopic (exact) mass is 457 g/mol. The van der Waals surface area contributed by atoms with Crippen LogP contribution >= 0.6 is 0 Å². The molecule has 5 heterocycles. The second-order valence-electron chi connectivity index (χ2n) is 8.61. The summed E-state index contributed by atoms with van der Waals surface area (Å²) in [5.74, 6) is -0.222. The largest absolute Gasteiger partial charge is 0.336 e. The van der Waals surface area contributed by atoms with Gasteiger partial charge in [0, 0.05) is 44.8 Å². The minimum absolute atomic E-state index is 0.0528. The van der Waals surface area contributed by atoms with Gasteiger partial charge in [-0.05, 0) is 48.9 Å². The number of carbonyl (C=O) groups is 1. The number of hydrogen-bond acceptors (Lipinski definition) is 6. The summed E-state index contributed by atoms with van der Waals surface area (Å²) in [6.07, 6.45) is 5.06. The Morgan fingerprint density at radius 1 is 1.09 bits per heavy atom. The van der Waals surface area contributed by atoms with E-state index >= 15 is 0 Å². The van der Waals surface area contributed by atoms with Crippen molar-refractivity contribution < 1.29 is 4.79 Å². The fraction of sp³-hybridized carbons (Fsp3) is 0.320. The van der Waals surface area contributed by atoms with E-state index in [1.807, 2.05) is 25.1 Å². The smallest absolute Gasteiger partial charge is 0.267 e. The van der Waals surface area contributed by atoms with Gasteiger partial charge < -0.3 is 14.4 Å². The molecule has 4 aromatic rings. The van der Waals surface area contributed by atoms with E-state index in [4.69, 9.17) is 10.4 Å². The second kappa shape index (κ2) is 8.83. The van der Waals surface area contributed by atoms with Crippen LogP contribution in [0.4, 0.5) is 0 Å². The normalized spacial score (nSPS) is 14.7. The number of fused-ring (bicyclic) bond motifs is 2. The number of nitrogens with one attached hydrogen (secondary N) is 1. The van der Waals surface area contributed by atoms with Crippen LogP contribution in [0.25, 0.3) is 16.7 Å². The summed E-state index contributed by atoms with van der Waals surface area (Å²) >= 11 is 0. The molecule has 0 spiro atoms. The van der Waals surface area contributed by atoms with Gasteiger partial charge in [-0.3, -0.25) is 24.4 Å². The molecule has 0 saturated carbocycles. The molecule has 9 nitrogen and oxygen atoms in total. The van der Waals surface area contributed by atoms with Crippen molar-refractivity contribution in [3.63, 3.8) is 0 Å². The van der Waals surface area contributed by atoms with Gasteiger partial charge in [0.25, 0.3) is 11.5 Å². The number of nitrogens with zero attached hydrogens (tertiary/aromatic N) is 6. The van der Waals surface area contributed by atoms with Gasteiger partial charge in [-0.2, -0.15) is 0 Å². The maximum atomic E-state index is 13.5. The molecule has 1 aliphatic heterocycles. The van der Waals surface area contributed by atoms with E-state index < -0.39 is 0 Å². The van der Waals surface area contributed by atoms with Crippen molar-refractivity contribution in [2.75, 3.05) is 32.7 Å². The minimum Gasteiger partial charge on any atom is -0.336 e. The average molecular weight is 458 g/mol. The summed E-state index contributed by atoms with van der Waals surface area (Å²) in [7, 11) is 0. The maximum Gasteiger partial charge on any atom is 0.267 e. The molecule has 4 aromatic heterocycles. The quantitative estimate of drug-likeness (QED) is 0.470. The number of piperazine rings is 1. The summed E-state index contributed by atoms with van der Waals surface area (Å²) in [5.41, 5.74) is 2.72. The molecule has 1 amide bonds. The highest BCUT2D eigenvalue weighted by molar-refractivity contribution is 5.97. The molecule has 0 aliphatic carbocycles. The molecular weight excluding hydrogens is 430 g/mol. The van der Waals surface area contributed by atoms with Gasteiger partial charge in [-0.15, -0.1) is 0 Å². The van der Waals surface area contributed by atoms with Gasteiger partial charge in [0.1, 0.15) is 16.8 Å². The molecule has 9 heteroatoms. The highest BCUT2D eigenvalue weighted by Gasteiger charge is 2.25. The first-order chi connectivity index (χ1) is 16.5. The van der Waals surface area contributed by atoms with Gasteiger partial charge in [0.2, 0.25) is 0 Å². The zero-order valence-corrected chi connectivity index (χ0v) is 19.4. The van der Waals surface area contributed by atoms with Crippen LogP contribution < -0.4 is 11.0 Å². The zero-order chi connectivity index (χ0) is 23.8. The molecule has 1 N–H and O–H groups in total. The Bertz CT molecular complexity index is 1500. The number of carbonyl (C=O) groups excluding carboxylic acids is 1. The van der Waals surface area contributed by atoms with Crippen LogP contribution in [-0.2, 0) is 6.54 Å². The molecule has 1 fully saturated rings. The van der Waals surface area contributed by atoms with Crippen molar-refractivity contribution in [2.45, 2.75) is 20.4 Å². The maximum absolute atomic E-state index is 13.5. The van der Waals surface area contributed by atoms with E-state index in [9.17, 15) is 9.59 Å². The predicted octanol–water partition coefficient (Wildman–Crippen LogP) is 1.66. The molecule has 5 rings (SSSR count). The van der Waals surface area contributed by atoms with Crippen molar-refractivity contribution >= 4 is 22.6 Å². The Balaban J connectivity index is 1.72. The Morgan fingerprint density at radius 2 is 1.82 bits per heavy atom. The van der Waals surface area contributed by atoms with Gasteiger partial charge in [0.15, 0.2) is 0 Å². The van der Waals surface area contributed by atoms with E-state index in [0.29, 0.717) is 36.3 Å². The van der Waals surface area contributed by atoms with Crippen LogP contribution in [-0.4, -0.2) is 67.4 Å². The lowest BCUT2D eigenvalue weighted by Gasteiger charge is -2.34. The SMILES string of the molecule is CCN1CCN(C(=O)c2cc3c(=O)n4cccc(C)c4nc3n(Cc3ccncc3)c2=N)CC1. The number of amides is 1. The van der Waals surface area contributed by atoms with E-state index in [0.717, 1.165) is 30.8 Å². The van der Waals surface area contributed by atoms with Crippen LogP contribution in [0.2, 0.25) is 0 Å². The molecule has 0 bridgehead atoms.